The van der Waals surface area contributed by atoms with E-state index < -0.39 is 30.1 Å². The van der Waals surface area contributed by atoms with Gasteiger partial charge in [0.2, 0.25) is 5.91 Å². The minimum atomic E-state index is -4.58. The van der Waals surface area contributed by atoms with Crippen LogP contribution in [0.3, 0.4) is 0 Å². The van der Waals surface area contributed by atoms with Crippen LogP contribution in [0.4, 0.5) is 23.4 Å². The van der Waals surface area contributed by atoms with E-state index in [1.54, 1.807) is 6.07 Å². The van der Waals surface area contributed by atoms with Gasteiger partial charge in [0.25, 0.3) is 0 Å². The molecule has 0 unspecified atom stereocenters. The van der Waals surface area contributed by atoms with Crippen molar-refractivity contribution in [2.75, 3.05) is 5.32 Å². The van der Waals surface area contributed by atoms with Crippen molar-refractivity contribution in [2.24, 2.45) is 0 Å². The Morgan fingerprint density at radius 2 is 2.00 bits per heavy atom. The van der Waals surface area contributed by atoms with Crippen molar-refractivity contribution in [3.8, 4) is 0 Å². The normalized spacial score (nSPS) is 11.6. The molecule has 1 aromatic carbocycles. The zero-order chi connectivity index (χ0) is 20.5. The maximum absolute atomic E-state index is 13.8. The summed E-state index contributed by atoms with van der Waals surface area (Å²) < 4.78 is 54.2. The number of anilines is 1. The molecule has 0 radical (unpaired) electrons. The number of benzene rings is 1. The molecule has 11 heteroatoms. The van der Waals surface area contributed by atoms with Gasteiger partial charge in [-0.1, -0.05) is 17.7 Å². The Morgan fingerprint density at radius 1 is 1.25 bits per heavy atom. The average Bonchev–Trinajstić information content (AvgIpc) is 3.18. The van der Waals surface area contributed by atoms with Crippen molar-refractivity contribution in [3.05, 3.63) is 64.3 Å². The first-order valence-corrected chi connectivity index (χ1v) is 8.39. The fourth-order valence-electron chi connectivity index (χ4n) is 2.49. The first-order valence-electron chi connectivity index (χ1n) is 8.01. The zero-order valence-corrected chi connectivity index (χ0v) is 15.2. The molecule has 0 aliphatic rings. The molecular formula is C17H14ClF4N5O. The van der Waals surface area contributed by atoms with E-state index >= 15 is 0 Å². The molecule has 6 nitrogen and oxygen atoms in total. The molecule has 1 N–H and O–H groups in total. The van der Waals surface area contributed by atoms with Crippen LogP contribution in [0.25, 0.3) is 0 Å². The minimum Gasteiger partial charge on any atom is -0.308 e. The van der Waals surface area contributed by atoms with E-state index in [4.69, 9.17) is 11.6 Å². The third kappa shape index (κ3) is 4.50. The lowest BCUT2D eigenvalue weighted by Crippen LogP contribution is -2.21. The molecule has 28 heavy (non-hydrogen) atoms. The van der Waals surface area contributed by atoms with E-state index in [1.165, 1.54) is 36.0 Å². The molecule has 1 amide bonds. The predicted octanol–water partition coefficient (Wildman–Crippen LogP) is 3.89. The number of aromatic nitrogens is 4. The van der Waals surface area contributed by atoms with Crippen LogP contribution in [-0.2, 0) is 24.1 Å². The van der Waals surface area contributed by atoms with Crippen LogP contribution in [0.1, 0.15) is 17.0 Å². The lowest BCUT2D eigenvalue weighted by molar-refractivity contribution is -0.141. The van der Waals surface area contributed by atoms with Crippen LogP contribution in [-0.4, -0.2) is 25.5 Å². The van der Waals surface area contributed by atoms with E-state index in [-0.39, 0.29) is 28.6 Å². The number of amides is 1. The molecule has 0 atom stereocenters. The van der Waals surface area contributed by atoms with Crippen LogP contribution < -0.4 is 5.32 Å². The predicted molar refractivity (Wildman–Crippen MR) is 93.3 cm³/mol. The molecule has 0 aliphatic carbocycles. The quantitative estimate of drug-likeness (QED) is 0.643. The third-order valence-electron chi connectivity index (χ3n) is 3.85. The highest BCUT2D eigenvalue weighted by Gasteiger charge is 2.34. The van der Waals surface area contributed by atoms with Crippen LogP contribution in [0, 0.1) is 12.7 Å². The first-order chi connectivity index (χ1) is 13.1. The maximum Gasteiger partial charge on any atom is 0.435 e. The molecular weight excluding hydrogens is 402 g/mol. The van der Waals surface area contributed by atoms with E-state index in [9.17, 15) is 22.4 Å². The summed E-state index contributed by atoms with van der Waals surface area (Å²) in [6.07, 6.45) is -3.07. The number of hydrogen-bond acceptors (Lipinski definition) is 3. The van der Waals surface area contributed by atoms with Crippen LogP contribution in [0.15, 0.2) is 36.5 Å². The Morgan fingerprint density at radius 3 is 2.64 bits per heavy atom. The number of halogens is 5. The Hall–Kier alpha value is -2.88. The summed E-state index contributed by atoms with van der Waals surface area (Å²) in [7, 11) is 0. The number of rotatable bonds is 5. The molecule has 3 aromatic rings. The second kappa shape index (κ2) is 7.63. The lowest BCUT2D eigenvalue weighted by atomic mass is 10.2. The van der Waals surface area contributed by atoms with Gasteiger partial charge >= 0.3 is 6.18 Å². The summed E-state index contributed by atoms with van der Waals surface area (Å²) in [5.74, 6) is -0.921. The van der Waals surface area contributed by atoms with Gasteiger partial charge in [0.05, 0.1) is 6.54 Å². The molecule has 0 spiro atoms. The van der Waals surface area contributed by atoms with Crippen molar-refractivity contribution in [1.29, 1.82) is 0 Å². The highest BCUT2D eigenvalue weighted by Crippen LogP contribution is 2.28. The van der Waals surface area contributed by atoms with Gasteiger partial charge < -0.3 is 5.32 Å². The standard InChI is InChI=1S/C17H14ClF4N5O/c1-10-7-14(17(20,21)22)24-27(10)9-16(28)23-15-5-6-26(25-15)8-11-12(18)3-2-4-13(11)19/h2-7H,8-9H2,1H3,(H,23,25,28). The Kier molecular flexibility index (Phi) is 5.41. The van der Waals surface area contributed by atoms with E-state index in [0.717, 1.165) is 10.7 Å². The molecule has 0 saturated heterocycles. The number of alkyl halides is 3. The third-order valence-corrected chi connectivity index (χ3v) is 4.21. The van der Waals surface area contributed by atoms with Crippen LogP contribution in [0.5, 0.6) is 0 Å². The number of hydrogen-bond donors (Lipinski definition) is 1. The van der Waals surface area contributed by atoms with Crippen LogP contribution in [0.2, 0.25) is 5.02 Å². The van der Waals surface area contributed by atoms with Crippen LogP contribution >= 0.6 is 11.6 Å². The number of aryl methyl sites for hydroxylation is 1. The Balaban J connectivity index is 1.65. The topological polar surface area (TPSA) is 64.7 Å². The molecule has 3 rings (SSSR count). The number of nitrogens with zero attached hydrogens (tertiary/aromatic N) is 4. The number of nitrogens with one attached hydrogen (secondary N) is 1. The van der Waals surface area contributed by atoms with Crippen molar-refractivity contribution in [1.82, 2.24) is 19.6 Å². The summed E-state index contributed by atoms with van der Waals surface area (Å²) in [6, 6.07) is 6.64. The molecule has 0 aliphatic heterocycles. The second-order valence-corrected chi connectivity index (χ2v) is 6.38. The van der Waals surface area contributed by atoms with Gasteiger partial charge in [0, 0.05) is 28.5 Å². The van der Waals surface area contributed by atoms with Gasteiger partial charge in [-0.25, -0.2) is 4.39 Å². The van der Waals surface area contributed by atoms with E-state index in [0.29, 0.717) is 0 Å². The van der Waals surface area contributed by atoms with E-state index in [2.05, 4.69) is 15.5 Å². The van der Waals surface area contributed by atoms with E-state index in [1.807, 2.05) is 0 Å². The van der Waals surface area contributed by atoms with Gasteiger partial charge in [-0.2, -0.15) is 23.4 Å². The molecule has 2 heterocycles. The smallest absolute Gasteiger partial charge is 0.308 e. The SMILES string of the molecule is Cc1cc(C(F)(F)F)nn1CC(=O)Nc1ccn(Cc2c(F)cccc2Cl)n1. The van der Waals surface area contributed by atoms with Gasteiger partial charge in [-0.15, -0.1) is 0 Å². The highest BCUT2D eigenvalue weighted by molar-refractivity contribution is 6.31. The lowest BCUT2D eigenvalue weighted by Gasteiger charge is -2.07. The van der Waals surface area contributed by atoms with Gasteiger partial charge in [0.1, 0.15) is 12.4 Å². The van der Waals surface area contributed by atoms with Gasteiger partial charge in [0.15, 0.2) is 11.5 Å². The second-order valence-electron chi connectivity index (χ2n) is 5.97. The molecule has 0 bridgehead atoms. The first kappa shape index (κ1) is 19.9. The highest BCUT2D eigenvalue weighted by atomic mass is 35.5. The number of carbonyl (C=O) groups is 1. The fraction of sp³-hybridized carbons (Fsp3) is 0.235. The van der Waals surface area contributed by atoms with Crippen molar-refractivity contribution in [3.63, 3.8) is 0 Å². The largest absolute Gasteiger partial charge is 0.435 e. The molecule has 0 saturated carbocycles. The molecule has 148 valence electrons. The summed E-state index contributed by atoms with van der Waals surface area (Å²) in [5, 5.41) is 10.2. The summed E-state index contributed by atoms with van der Waals surface area (Å²) >= 11 is 5.97. The van der Waals surface area contributed by atoms with Gasteiger partial charge in [-0.3, -0.25) is 14.2 Å². The average molecular weight is 416 g/mol. The zero-order valence-electron chi connectivity index (χ0n) is 14.5. The monoisotopic (exact) mass is 415 g/mol. The summed E-state index contributed by atoms with van der Waals surface area (Å²) in [6.45, 7) is 1.06. The fourth-order valence-corrected chi connectivity index (χ4v) is 2.71. The van der Waals surface area contributed by atoms with Crippen molar-refractivity contribution in [2.45, 2.75) is 26.2 Å². The molecule has 0 fully saturated rings. The van der Waals surface area contributed by atoms with Crippen molar-refractivity contribution >= 4 is 23.3 Å². The summed E-state index contributed by atoms with van der Waals surface area (Å²) in [4.78, 5) is 12.1. The maximum atomic E-state index is 13.8. The van der Waals surface area contributed by atoms with Crippen molar-refractivity contribution < 1.29 is 22.4 Å². The minimum absolute atomic E-state index is 0.0502. The Labute approximate surface area is 161 Å². The Bertz CT molecular complexity index is 991. The molecule has 2 aromatic heterocycles. The summed E-state index contributed by atoms with van der Waals surface area (Å²) in [5.41, 5.74) is -0.622. The van der Waals surface area contributed by atoms with Gasteiger partial charge in [-0.05, 0) is 25.1 Å². The number of carbonyl (C=O) groups excluding carboxylic acids is 1.